The predicted octanol–water partition coefficient (Wildman–Crippen LogP) is 3.02. The van der Waals surface area contributed by atoms with Crippen molar-refractivity contribution in [2.75, 3.05) is 23.3 Å². The van der Waals surface area contributed by atoms with Gasteiger partial charge in [-0.1, -0.05) is 23.7 Å². The molecule has 1 N–H and O–H groups in total. The zero-order valence-electron chi connectivity index (χ0n) is 17.2. The maximum Gasteiger partial charge on any atom is 0.265 e. The Morgan fingerprint density at radius 3 is 2.75 bits per heavy atom. The van der Waals surface area contributed by atoms with E-state index >= 15 is 0 Å². The van der Waals surface area contributed by atoms with E-state index in [1.807, 2.05) is 6.92 Å². The van der Waals surface area contributed by atoms with Crippen molar-refractivity contribution in [3.05, 3.63) is 53.1 Å². The van der Waals surface area contributed by atoms with Crippen LogP contribution >= 0.6 is 11.6 Å². The average molecular weight is 479 g/mol. The standard InChI is InChI=1S/C20H19ClN4O6S/c1-3-19-22-18(23-31-19)10-25-15-9-13(5-7-17(15)30-11-20(25)26)32(27,28)24-12-4-6-16(29-2)14(21)8-12/h4-9,24H,3,10-11H2,1-2H3. The molecule has 0 bridgehead atoms. The Labute approximate surface area is 189 Å². The third-order valence-electron chi connectivity index (χ3n) is 4.70. The van der Waals surface area contributed by atoms with Crippen molar-refractivity contribution in [3.63, 3.8) is 0 Å². The average Bonchev–Trinajstić information content (AvgIpc) is 3.23. The van der Waals surface area contributed by atoms with Gasteiger partial charge in [0.15, 0.2) is 12.4 Å². The molecular formula is C20H19ClN4O6S. The second-order valence-corrected chi connectivity index (χ2v) is 8.90. The van der Waals surface area contributed by atoms with Gasteiger partial charge in [0.1, 0.15) is 11.5 Å². The number of carbonyl (C=O) groups is 1. The first kappa shape index (κ1) is 21.9. The summed E-state index contributed by atoms with van der Waals surface area (Å²) in [6.07, 6.45) is 0.560. The lowest BCUT2D eigenvalue weighted by Gasteiger charge is -2.28. The summed E-state index contributed by atoms with van der Waals surface area (Å²) in [6.45, 7) is 1.70. The van der Waals surface area contributed by atoms with Gasteiger partial charge in [0.05, 0.1) is 34.9 Å². The van der Waals surface area contributed by atoms with Gasteiger partial charge in [0, 0.05) is 6.42 Å². The van der Waals surface area contributed by atoms with Crippen molar-refractivity contribution in [2.45, 2.75) is 24.8 Å². The molecule has 2 heterocycles. The monoisotopic (exact) mass is 478 g/mol. The highest BCUT2D eigenvalue weighted by molar-refractivity contribution is 7.92. The van der Waals surface area contributed by atoms with Crippen molar-refractivity contribution >= 4 is 38.9 Å². The van der Waals surface area contributed by atoms with Crippen LogP contribution in [-0.2, 0) is 27.8 Å². The summed E-state index contributed by atoms with van der Waals surface area (Å²) in [7, 11) is -2.53. The van der Waals surface area contributed by atoms with E-state index in [0.717, 1.165) is 0 Å². The van der Waals surface area contributed by atoms with E-state index in [-0.39, 0.29) is 34.7 Å². The van der Waals surface area contributed by atoms with Gasteiger partial charge in [-0.15, -0.1) is 0 Å². The first-order valence-electron chi connectivity index (χ1n) is 9.55. The first-order valence-corrected chi connectivity index (χ1v) is 11.4. The van der Waals surface area contributed by atoms with Crippen LogP contribution in [0.15, 0.2) is 45.8 Å². The molecule has 0 fully saturated rings. The summed E-state index contributed by atoms with van der Waals surface area (Å²) in [5.74, 6) is 1.18. The molecule has 12 heteroatoms. The highest BCUT2D eigenvalue weighted by Gasteiger charge is 2.29. The zero-order valence-corrected chi connectivity index (χ0v) is 18.7. The van der Waals surface area contributed by atoms with E-state index in [1.165, 1.54) is 42.3 Å². The van der Waals surface area contributed by atoms with Gasteiger partial charge in [0.25, 0.3) is 15.9 Å². The maximum atomic E-state index is 13.0. The minimum Gasteiger partial charge on any atom is -0.495 e. The van der Waals surface area contributed by atoms with Crippen LogP contribution < -0.4 is 19.1 Å². The number of hydrogen-bond donors (Lipinski definition) is 1. The van der Waals surface area contributed by atoms with Crippen molar-refractivity contribution in [2.24, 2.45) is 0 Å². The number of nitrogens with one attached hydrogen (secondary N) is 1. The minimum absolute atomic E-state index is 0.0176. The van der Waals surface area contributed by atoms with E-state index < -0.39 is 10.0 Å². The lowest BCUT2D eigenvalue weighted by molar-refractivity contribution is -0.121. The number of methoxy groups -OCH3 is 1. The highest BCUT2D eigenvalue weighted by atomic mass is 35.5. The Morgan fingerprint density at radius 1 is 1.25 bits per heavy atom. The number of aryl methyl sites for hydroxylation is 1. The molecule has 1 amide bonds. The number of sulfonamides is 1. The molecule has 2 aromatic carbocycles. The zero-order chi connectivity index (χ0) is 22.9. The lowest BCUT2D eigenvalue weighted by atomic mass is 10.2. The van der Waals surface area contributed by atoms with E-state index in [1.54, 1.807) is 6.07 Å². The van der Waals surface area contributed by atoms with Crippen molar-refractivity contribution in [1.82, 2.24) is 10.1 Å². The van der Waals surface area contributed by atoms with Crippen LogP contribution in [0.3, 0.4) is 0 Å². The number of ether oxygens (including phenoxy) is 2. The molecule has 10 nitrogen and oxygen atoms in total. The highest BCUT2D eigenvalue weighted by Crippen LogP contribution is 2.36. The largest absolute Gasteiger partial charge is 0.495 e. The van der Waals surface area contributed by atoms with Crippen LogP contribution in [0, 0.1) is 0 Å². The molecule has 168 valence electrons. The maximum absolute atomic E-state index is 13.0. The van der Waals surface area contributed by atoms with E-state index in [2.05, 4.69) is 14.9 Å². The number of anilines is 2. The summed E-state index contributed by atoms with van der Waals surface area (Å²) in [5.41, 5.74) is 0.552. The van der Waals surface area contributed by atoms with E-state index in [9.17, 15) is 13.2 Å². The third-order valence-corrected chi connectivity index (χ3v) is 6.37. The van der Waals surface area contributed by atoms with Gasteiger partial charge >= 0.3 is 0 Å². The number of hydrogen-bond acceptors (Lipinski definition) is 8. The number of rotatable bonds is 7. The van der Waals surface area contributed by atoms with Gasteiger partial charge < -0.3 is 14.0 Å². The van der Waals surface area contributed by atoms with Crippen LogP contribution in [0.1, 0.15) is 18.6 Å². The number of benzene rings is 2. The fraction of sp³-hybridized carbons (Fsp3) is 0.250. The molecule has 1 aliphatic heterocycles. The summed E-state index contributed by atoms with van der Waals surface area (Å²) in [4.78, 5) is 18.0. The second-order valence-electron chi connectivity index (χ2n) is 6.81. The van der Waals surface area contributed by atoms with Gasteiger partial charge in [-0.05, 0) is 36.4 Å². The predicted molar refractivity (Wildman–Crippen MR) is 116 cm³/mol. The van der Waals surface area contributed by atoms with E-state index in [0.29, 0.717) is 35.3 Å². The lowest BCUT2D eigenvalue weighted by Crippen LogP contribution is -2.38. The summed E-state index contributed by atoms with van der Waals surface area (Å²) >= 11 is 6.08. The Kier molecular flexibility index (Phi) is 5.94. The van der Waals surface area contributed by atoms with Gasteiger partial charge in [0.2, 0.25) is 5.89 Å². The molecule has 3 aromatic rings. The van der Waals surface area contributed by atoms with Crippen LogP contribution in [-0.4, -0.2) is 38.2 Å². The van der Waals surface area contributed by atoms with E-state index in [4.69, 9.17) is 25.6 Å². The Bertz CT molecular complexity index is 1280. The molecule has 0 aliphatic carbocycles. The number of carbonyl (C=O) groups excluding carboxylic acids is 1. The molecule has 0 unspecified atom stereocenters. The van der Waals surface area contributed by atoms with Crippen LogP contribution in [0.4, 0.5) is 11.4 Å². The molecule has 0 spiro atoms. The number of nitrogens with zero attached hydrogens (tertiary/aromatic N) is 3. The van der Waals surface area contributed by atoms with Crippen LogP contribution in [0.5, 0.6) is 11.5 Å². The molecular weight excluding hydrogens is 460 g/mol. The fourth-order valence-corrected chi connectivity index (χ4v) is 4.43. The normalized spacial score (nSPS) is 13.5. The smallest absolute Gasteiger partial charge is 0.265 e. The molecule has 0 saturated heterocycles. The number of amides is 1. The summed E-state index contributed by atoms with van der Waals surface area (Å²) in [6, 6.07) is 8.78. The van der Waals surface area contributed by atoms with Gasteiger partial charge in [-0.2, -0.15) is 4.98 Å². The van der Waals surface area contributed by atoms with Gasteiger partial charge in [-0.25, -0.2) is 8.42 Å². The fourth-order valence-electron chi connectivity index (χ4n) is 3.11. The summed E-state index contributed by atoms with van der Waals surface area (Å²) in [5, 5.41) is 4.12. The molecule has 1 aromatic heterocycles. The molecule has 0 atom stereocenters. The second kappa shape index (κ2) is 8.67. The minimum atomic E-state index is -3.99. The van der Waals surface area contributed by atoms with Gasteiger partial charge in [-0.3, -0.25) is 14.4 Å². The quantitative estimate of drug-likeness (QED) is 0.549. The molecule has 0 saturated carbocycles. The Hall–Kier alpha value is -3.31. The topological polar surface area (TPSA) is 124 Å². The van der Waals surface area contributed by atoms with Crippen LogP contribution in [0.2, 0.25) is 5.02 Å². The van der Waals surface area contributed by atoms with Crippen molar-refractivity contribution in [3.8, 4) is 11.5 Å². The first-order chi connectivity index (χ1) is 15.3. The summed E-state index contributed by atoms with van der Waals surface area (Å²) < 4.78 is 44.0. The SMILES string of the molecule is CCc1nc(CN2C(=O)COc3ccc(S(=O)(=O)Nc4ccc(OC)c(Cl)c4)cc32)no1. The molecule has 4 rings (SSSR count). The molecule has 0 radical (unpaired) electrons. The Morgan fingerprint density at radius 2 is 2.06 bits per heavy atom. The number of aromatic nitrogens is 2. The molecule has 32 heavy (non-hydrogen) atoms. The third kappa shape index (κ3) is 4.34. The molecule has 1 aliphatic rings. The number of fused-ring (bicyclic) bond motifs is 1. The van der Waals surface area contributed by atoms with Crippen LogP contribution in [0.25, 0.3) is 0 Å². The number of halogens is 1. The van der Waals surface area contributed by atoms with Crippen molar-refractivity contribution < 1.29 is 27.2 Å². The van der Waals surface area contributed by atoms with Crippen molar-refractivity contribution in [1.29, 1.82) is 0 Å². The Balaban J connectivity index is 1.64.